The number of para-hydroxylation sites is 1. The first-order valence-corrected chi connectivity index (χ1v) is 27.7. The van der Waals surface area contributed by atoms with E-state index in [1.807, 2.05) is 6.92 Å². The summed E-state index contributed by atoms with van der Waals surface area (Å²) in [5.41, 5.74) is -0.0338. The molecule has 20 atom stereocenters. The van der Waals surface area contributed by atoms with Crippen molar-refractivity contribution in [1.29, 1.82) is 0 Å². The molecule has 4 saturated heterocycles. The Hall–Kier alpha value is -4.05. The van der Waals surface area contributed by atoms with Crippen molar-refractivity contribution in [2.75, 3.05) is 32.9 Å². The highest BCUT2D eigenvalue weighted by Crippen LogP contribution is 2.41. The Kier molecular flexibility index (Phi) is 20.1. The third-order valence-corrected chi connectivity index (χ3v) is 16.5. The summed E-state index contributed by atoms with van der Waals surface area (Å²) in [5, 5.41) is 89.4. The molecule has 2 saturated carbocycles. The number of esters is 1. The van der Waals surface area contributed by atoms with E-state index in [4.69, 9.17) is 47.0 Å². The number of carbonyl (C=O) groups is 2. The number of ether oxygens (including phenoxy) is 9. The van der Waals surface area contributed by atoms with Crippen LogP contribution in [0.25, 0.3) is 11.0 Å². The lowest BCUT2D eigenvalue weighted by molar-refractivity contribution is -0.351. The Bertz CT molecular complexity index is 2460. The van der Waals surface area contributed by atoms with Crippen LogP contribution in [0.3, 0.4) is 0 Å². The van der Waals surface area contributed by atoms with Crippen LogP contribution in [0, 0.1) is 17.8 Å². The van der Waals surface area contributed by atoms with Crippen LogP contribution in [0.4, 0.5) is 0 Å². The summed E-state index contributed by atoms with van der Waals surface area (Å²) in [5.74, 6) is -1.85. The van der Waals surface area contributed by atoms with Crippen molar-refractivity contribution in [1.82, 2.24) is 4.90 Å². The maximum absolute atomic E-state index is 14.3. The largest absolute Gasteiger partial charge is 0.450 e. The van der Waals surface area contributed by atoms with Crippen LogP contribution in [0.15, 0.2) is 69.9 Å². The lowest BCUT2D eigenvalue weighted by Gasteiger charge is -2.49. The highest BCUT2D eigenvalue weighted by Gasteiger charge is 2.54. The molecule has 12 unspecified atom stereocenters. The van der Waals surface area contributed by atoms with Crippen LogP contribution < -0.4 is 5.63 Å². The third kappa shape index (κ3) is 13.3. The molecule has 432 valence electrons. The summed E-state index contributed by atoms with van der Waals surface area (Å²) in [6.45, 7) is 2.57. The highest BCUT2D eigenvalue weighted by molar-refractivity contribution is 5.89. The molecule has 0 radical (unpaired) electrons. The topological polar surface area (TPSA) is 312 Å². The number of amides is 1. The second-order valence-electron chi connectivity index (χ2n) is 21.8. The van der Waals surface area contributed by atoms with Crippen molar-refractivity contribution in [3.8, 4) is 0 Å². The first kappa shape index (κ1) is 58.6. The van der Waals surface area contributed by atoms with Crippen molar-refractivity contribution < 1.29 is 97.5 Å². The fourth-order valence-corrected chi connectivity index (χ4v) is 11.8. The van der Waals surface area contributed by atoms with Gasteiger partial charge in [0, 0.05) is 18.5 Å². The summed E-state index contributed by atoms with van der Waals surface area (Å²) in [7, 11) is 0. The first-order chi connectivity index (χ1) is 37.6. The van der Waals surface area contributed by atoms with Crippen molar-refractivity contribution in [2.45, 2.75) is 195 Å². The molecule has 0 spiro atoms. The van der Waals surface area contributed by atoms with E-state index in [1.165, 1.54) is 6.92 Å². The second-order valence-corrected chi connectivity index (χ2v) is 21.8. The molecule has 5 heterocycles. The molecule has 22 nitrogen and oxygen atoms in total. The van der Waals surface area contributed by atoms with E-state index in [-0.39, 0.29) is 42.6 Å². The number of aliphatic hydroxyl groups is 8. The van der Waals surface area contributed by atoms with Gasteiger partial charge in [0.1, 0.15) is 72.7 Å². The standard InChI is InChI=1S/C56H77NO21/c1-3-32-21-31(27-70-54-46(65)48(42(61)39(25-58)75-54)69-28-35-24-34-17-10-11-18-36(34)73-53(35)68)23-37(47(32)78-55-45(64)44(63)41(60)29(2)71-55)74-56-50(77-52(67)33-15-8-5-9-16-33)49(43(62)40(26-59)76-56)72-38(51(66)57-19-12-20-57)22-30-13-6-4-7-14-30/h5,8-11,15-18,24,29-32,37-50,54-56,58-65H,3-4,6-7,12-14,19-23,25-28H2,1-2H3/t29?,31?,32?,37-,38+,39?,40?,41-,42-,43+,44?,45?,46?,47?,48?,49?,50?,54+,55+,56-/m1/s1. The number of fused-ring (bicyclic) bond motifs is 1. The van der Waals surface area contributed by atoms with Crippen LogP contribution in [0.1, 0.15) is 94.0 Å². The first-order valence-electron chi connectivity index (χ1n) is 27.7. The molecule has 4 aliphatic heterocycles. The molecule has 6 fully saturated rings. The summed E-state index contributed by atoms with van der Waals surface area (Å²) in [6, 6.07) is 16.6. The molecule has 1 amide bonds. The molecule has 6 aliphatic rings. The third-order valence-electron chi connectivity index (χ3n) is 16.5. The van der Waals surface area contributed by atoms with Crippen LogP contribution in [0.2, 0.25) is 0 Å². The van der Waals surface area contributed by atoms with Crippen molar-refractivity contribution in [3.63, 3.8) is 0 Å². The Morgan fingerprint density at radius 3 is 2.08 bits per heavy atom. The molecular formula is C56H77NO21. The predicted molar refractivity (Wildman–Crippen MR) is 272 cm³/mol. The van der Waals surface area contributed by atoms with Gasteiger partial charge in [0.25, 0.3) is 5.91 Å². The monoisotopic (exact) mass is 1100 g/mol. The molecule has 9 rings (SSSR count). The van der Waals surface area contributed by atoms with E-state index in [0.717, 1.165) is 38.5 Å². The molecule has 22 heteroatoms. The quantitative estimate of drug-likeness (QED) is 0.0586. The number of benzene rings is 2. The van der Waals surface area contributed by atoms with Crippen LogP contribution in [-0.4, -0.2) is 201 Å². The smallest absolute Gasteiger partial charge is 0.341 e. The lowest BCUT2D eigenvalue weighted by atomic mass is 9.76. The highest BCUT2D eigenvalue weighted by atomic mass is 16.8. The summed E-state index contributed by atoms with van der Waals surface area (Å²) in [4.78, 5) is 43.0. The molecule has 0 bridgehead atoms. The van der Waals surface area contributed by atoms with Gasteiger partial charge in [0.15, 0.2) is 25.0 Å². The van der Waals surface area contributed by atoms with Crippen LogP contribution >= 0.6 is 0 Å². The Morgan fingerprint density at radius 1 is 0.692 bits per heavy atom. The molecule has 3 aromatic rings. The van der Waals surface area contributed by atoms with Crippen molar-refractivity contribution in [2.24, 2.45) is 17.8 Å². The predicted octanol–water partition coefficient (Wildman–Crippen LogP) is 1.43. The molecule has 1 aromatic heterocycles. The van der Waals surface area contributed by atoms with Gasteiger partial charge in [-0.1, -0.05) is 81.8 Å². The normalized spacial score (nSPS) is 37.2. The SMILES string of the molecule is CCC1CC(CO[C@H]2OC(CO)[C@@H](O)C(OCc3cc4ccccc4oc3=O)C2O)C[C@@H](O[C@@H]2OC(CO)[C@H](O)C(O[C@@H](CC3CCCCC3)C(=O)N3CCC3)C2OC(=O)c2ccccc2)C1O[C@@H]1OC(C)[C@@H](O)C(O)C1O. The number of rotatable bonds is 20. The Morgan fingerprint density at radius 2 is 1.38 bits per heavy atom. The van der Waals surface area contributed by atoms with Crippen molar-refractivity contribution in [3.05, 3.63) is 82.2 Å². The van der Waals surface area contributed by atoms with Crippen molar-refractivity contribution >= 4 is 22.8 Å². The Labute approximate surface area is 452 Å². The number of carbonyl (C=O) groups excluding carboxylic acids is 2. The summed E-state index contributed by atoms with van der Waals surface area (Å²) in [6.07, 6.45) is -18.5. The number of hydrogen-bond donors (Lipinski definition) is 8. The van der Waals surface area contributed by atoms with Gasteiger partial charge in [-0.3, -0.25) is 4.79 Å². The minimum absolute atomic E-state index is 0.0616. The fourth-order valence-electron chi connectivity index (χ4n) is 11.8. The zero-order valence-electron chi connectivity index (χ0n) is 44.0. The van der Waals surface area contributed by atoms with Gasteiger partial charge in [-0.2, -0.15) is 0 Å². The average Bonchev–Trinajstić information content (AvgIpc) is 3.49. The van der Waals surface area contributed by atoms with E-state index in [9.17, 15) is 55.2 Å². The summed E-state index contributed by atoms with van der Waals surface area (Å²) < 4.78 is 62.5. The van der Waals surface area contributed by atoms with Gasteiger partial charge in [0.05, 0.1) is 55.9 Å². The van der Waals surface area contributed by atoms with Gasteiger partial charge in [0.2, 0.25) is 0 Å². The number of aliphatic hydroxyl groups excluding tert-OH is 8. The van der Waals surface area contributed by atoms with E-state index in [2.05, 4.69) is 0 Å². The maximum atomic E-state index is 14.3. The minimum atomic E-state index is -1.71. The zero-order valence-corrected chi connectivity index (χ0v) is 44.0. The van der Waals surface area contributed by atoms with Crippen LogP contribution in [0.5, 0.6) is 0 Å². The zero-order chi connectivity index (χ0) is 55.2. The van der Waals surface area contributed by atoms with E-state index < -0.39 is 147 Å². The van der Waals surface area contributed by atoms with Gasteiger partial charge >= 0.3 is 11.6 Å². The average molecular weight is 1100 g/mol. The summed E-state index contributed by atoms with van der Waals surface area (Å²) >= 11 is 0. The molecule has 8 N–H and O–H groups in total. The maximum Gasteiger partial charge on any atom is 0.341 e. The number of nitrogens with zero attached hydrogens (tertiary/aromatic N) is 1. The molecule has 2 aromatic carbocycles. The molecule has 2 aliphatic carbocycles. The fraction of sp³-hybridized carbons (Fsp3) is 0.696. The van der Waals surface area contributed by atoms with E-state index >= 15 is 0 Å². The van der Waals surface area contributed by atoms with E-state index in [1.54, 1.807) is 65.6 Å². The Balaban J connectivity index is 0.999. The van der Waals surface area contributed by atoms with E-state index in [0.29, 0.717) is 43.3 Å². The van der Waals surface area contributed by atoms with Gasteiger partial charge in [-0.05, 0) is 74.6 Å². The second kappa shape index (κ2) is 26.7. The van der Waals surface area contributed by atoms with Gasteiger partial charge in [-0.25, -0.2) is 9.59 Å². The minimum Gasteiger partial charge on any atom is -0.450 e. The van der Waals surface area contributed by atoms with Gasteiger partial charge < -0.3 is 92.8 Å². The lowest BCUT2D eigenvalue weighted by Crippen LogP contribution is -2.64. The van der Waals surface area contributed by atoms with Crippen LogP contribution in [-0.2, 0) is 54.0 Å². The number of hydrogen-bond acceptors (Lipinski definition) is 21. The molecule has 78 heavy (non-hydrogen) atoms. The number of likely N-dealkylation sites (tertiary alicyclic amines) is 1. The molecular weight excluding hydrogens is 1020 g/mol. The van der Waals surface area contributed by atoms with Gasteiger partial charge in [-0.15, -0.1) is 0 Å².